The number of carbonyl (C=O) groups is 2. The Labute approximate surface area is 227 Å². The van der Waals surface area contributed by atoms with Crippen LogP contribution in [0.15, 0.2) is 6.07 Å². The molecule has 0 saturated carbocycles. The highest BCUT2D eigenvalue weighted by Gasteiger charge is 2.75. The van der Waals surface area contributed by atoms with Gasteiger partial charge in [-0.2, -0.15) is 0 Å². The van der Waals surface area contributed by atoms with Crippen molar-refractivity contribution in [3.63, 3.8) is 0 Å². The molecule has 10 N–H and O–H groups in total. The number of hydrogen-bond acceptors (Lipinski definition) is 13. The second kappa shape index (κ2) is 8.36. The van der Waals surface area contributed by atoms with Crippen molar-refractivity contribution in [2.45, 2.75) is 75.8 Å². The molecule has 0 bridgehead atoms. The molecule has 218 valence electrons. The van der Waals surface area contributed by atoms with Gasteiger partial charge < -0.3 is 55.8 Å². The van der Waals surface area contributed by atoms with E-state index in [1.54, 1.807) is 0 Å². The fourth-order valence-corrected chi connectivity index (χ4v) is 6.06. The molecule has 40 heavy (non-hydrogen) atoms. The Balaban J connectivity index is 2.11. The van der Waals surface area contributed by atoms with E-state index in [1.807, 2.05) is 0 Å². The summed E-state index contributed by atoms with van der Waals surface area (Å²) < 4.78 is 5.96. The maximum absolute atomic E-state index is 13.8. The molecule has 1 aliphatic carbocycles. The van der Waals surface area contributed by atoms with E-state index in [0.29, 0.717) is 0 Å². The number of carbonyl (C=O) groups excluding carboxylic acids is 2. The number of ketones is 2. The first-order valence-electron chi connectivity index (χ1n) is 12.2. The number of aliphatic hydroxyl groups is 6. The second-order valence-electron chi connectivity index (χ2n) is 11.3. The van der Waals surface area contributed by atoms with E-state index in [9.17, 15) is 60.7 Å². The molecule has 0 radical (unpaired) electrons. The first-order valence-corrected chi connectivity index (χ1v) is 12.2. The Hall–Kier alpha value is -3.30. The number of hydrogen-bond donors (Lipinski definition) is 10. The summed E-state index contributed by atoms with van der Waals surface area (Å²) in [4.78, 5) is 27.2. The SMILES string of the molecule is Cc1c2c(cc(O)c1C(O)O)C(=O)c1c(O)c(O)c([C@@]3(C)OC(C)(CO)[C@@](C)(O)C(C)(O)C3(C)O)c(O)c1C2=O. The summed E-state index contributed by atoms with van der Waals surface area (Å²) in [6, 6.07) is 0.782. The maximum atomic E-state index is 13.8. The summed E-state index contributed by atoms with van der Waals surface area (Å²) in [5, 5.41) is 108. The second-order valence-corrected chi connectivity index (χ2v) is 11.3. The van der Waals surface area contributed by atoms with Gasteiger partial charge in [-0.05, 0) is 53.2 Å². The van der Waals surface area contributed by atoms with Crippen molar-refractivity contribution in [1.29, 1.82) is 0 Å². The minimum absolute atomic E-state index is 0.221. The lowest BCUT2D eigenvalue weighted by Gasteiger charge is -2.65. The fraction of sp³-hybridized carbons (Fsp3) is 0.481. The highest BCUT2D eigenvalue weighted by atomic mass is 16.6. The van der Waals surface area contributed by atoms with Crippen molar-refractivity contribution in [1.82, 2.24) is 0 Å². The van der Waals surface area contributed by atoms with E-state index < -0.39 is 109 Å². The highest BCUT2D eigenvalue weighted by Crippen LogP contribution is 2.62. The highest BCUT2D eigenvalue weighted by molar-refractivity contribution is 6.31. The Morgan fingerprint density at radius 2 is 1.30 bits per heavy atom. The normalized spacial score (nSPS) is 33.7. The van der Waals surface area contributed by atoms with Crippen LogP contribution in [0.1, 0.15) is 89.4 Å². The van der Waals surface area contributed by atoms with Gasteiger partial charge in [0.15, 0.2) is 29.4 Å². The van der Waals surface area contributed by atoms with E-state index in [2.05, 4.69) is 0 Å². The summed E-state index contributed by atoms with van der Waals surface area (Å²) in [6.45, 7) is 5.63. The number of fused-ring (bicyclic) bond motifs is 2. The fourth-order valence-electron chi connectivity index (χ4n) is 6.06. The van der Waals surface area contributed by atoms with E-state index in [4.69, 9.17) is 4.74 Å². The number of benzene rings is 2. The molecule has 5 atom stereocenters. The van der Waals surface area contributed by atoms with Crippen LogP contribution in [-0.2, 0) is 10.3 Å². The van der Waals surface area contributed by atoms with Gasteiger partial charge in [-0.1, -0.05) is 0 Å². The molecule has 1 fully saturated rings. The average molecular weight is 565 g/mol. The van der Waals surface area contributed by atoms with Crippen LogP contribution >= 0.6 is 0 Å². The third kappa shape index (κ3) is 3.16. The van der Waals surface area contributed by atoms with Crippen molar-refractivity contribution >= 4 is 11.6 Å². The largest absolute Gasteiger partial charge is 0.507 e. The third-order valence-electron chi connectivity index (χ3n) is 9.27. The van der Waals surface area contributed by atoms with Gasteiger partial charge in [-0.25, -0.2) is 0 Å². The van der Waals surface area contributed by atoms with Crippen molar-refractivity contribution in [3.05, 3.63) is 45.0 Å². The molecule has 2 aromatic carbocycles. The Morgan fingerprint density at radius 3 is 1.80 bits per heavy atom. The van der Waals surface area contributed by atoms with Crippen molar-refractivity contribution in [2.75, 3.05) is 6.61 Å². The van der Waals surface area contributed by atoms with Crippen molar-refractivity contribution in [2.24, 2.45) is 0 Å². The molecule has 3 unspecified atom stereocenters. The first kappa shape index (κ1) is 29.7. The molecule has 2 aromatic rings. The topological polar surface area (TPSA) is 246 Å². The van der Waals surface area contributed by atoms with Crippen LogP contribution in [0.2, 0.25) is 0 Å². The van der Waals surface area contributed by atoms with Gasteiger partial charge in [0.25, 0.3) is 0 Å². The third-order valence-corrected chi connectivity index (χ3v) is 9.27. The van der Waals surface area contributed by atoms with E-state index >= 15 is 0 Å². The monoisotopic (exact) mass is 564 g/mol. The lowest BCUT2D eigenvalue weighted by atomic mass is 9.56. The van der Waals surface area contributed by atoms with Gasteiger partial charge >= 0.3 is 0 Å². The number of aromatic hydroxyl groups is 4. The predicted octanol–water partition coefficient (Wildman–Crippen LogP) is -0.175. The molecule has 1 saturated heterocycles. The lowest BCUT2D eigenvalue weighted by molar-refractivity contribution is -0.407. The Morgan fingerprint density at radius 1 is 0.775 bits per heavy atom. The molecule has 0 amide bonds. The predicted molar refractivity (Wildman–Crippen MR) is 134 cm³/mol. The van der Waals surface area contributed by atoms with Crippen LogP contribution in [0.4, 0.5) is 0 Å². The van der Waals surface area contributed by atoms with Gasteiger partial charge in [0.05, 0.1) is 28.9 Å². The van der Waals surface area contributed by atoms with Crippen LogP contribution in [0.25, 0.3) is 0 Å². The minimum atomic E-state index is -2.64. The van der Waals surface area contributed by atoms with Crippen LogP contribution < -0.4 is 0 Å². The van der Waals surface area contributed by atoms with Crippen LogP contribution in [-0.4, -0.2) is 91.6 Å². The standard InChI is InChI=1S/C27H32O13/c1-9-12-10(7-11(29)13(9)22(35)36)17(30)14-15(18(12)31)19(32)16(21(34)20(14)33)24(3)26(5,38)27(6,39)25(4,37)23(2,8-28)40-24/h7,22,28-29,32-39H,8H2,1-6H3/t23?,24-,25-,26?,27?/m1/s1. The zero-order valence-electron chi connectivity index (χ0n) is 22.6. The van der Waals surface area contributed by atoms with Crippen LogP contribution in [0, 0.1) is 6.92 Å². The zero-order valence-corrected chi connectivity index (χ0v) is 22.6. The van der Waals surface area contributed by atoms with E-state index in [-0.39, 0.29) is 5.56 Å². The molecule has 13 heteroatoms. The molecular weight excluding hydrogens is 532 g/mol. The summed E-state index contributed by atoms with van der Waals surface area (Å²) in [7, 11) is 0. The van der Waals surface area contributed by atoms with E-state index in [0.717, 1.165) is 33.8 Å². The van der Waals surface area contributed by atoms with Gasteiger partial charge in [-0.3, -0.25) is 9.59 Å². The Bertz CT molecular complexity index is 1490. The molecule has 0 spiro atoms. The molecule has 1 aliphatic heterocycles. The first-order chi connectivity index (χ1) is 18.1. The number of ether oxygens (including phenoxy) is 1. The van der Waals surface area contributed by atoms with Gasteiger partial charge in [0.2, 0.25) is 0 Å². The van der Waals surface area contributed by atoms with Gasteiger partial charge in [0, 0.05) is 11.1 Å². The van der Waals surface area contributed by atoms with Crippen LogP contribution in [0.5, 0.6) is 23.0 Å². The molecule has 2 aliphatic rings. The number of aliphatic hydroxyl groups excluding tert-OH is 2. The number of phenolic OH excluding ortho intramolecular Hbond substituents is 4. The van der Waals surface area contributed by atoms with Crippen molar-refractivity contribution < 1.29 is 65.4 Å². The summed E-state index contributed by atoms with van der Waals surface area (Å²) >= 11 is 0. The van der Waals surface area contributed by atoms with Gasteiger partial charge in [-0.15, -0.1) is 0 Å². The summed E-state index contributed by atoms with van der Waals surface area (Å²) in [6.07, 6.45) is -2.25. The molecule has 13 nitrogen and oxygen atoms in total. The smallest absolute Gasteiger partial charge is 0.198 e. The summed E-state index contributed by atoms with van der Waals surface area (Å²) in [5.41, 5.74) is -16.3. The summed E-state index contributed by atoms with van der Waals surface area (Å²) in [5.74, 6) is -6.55. The average Bonchev–Trinajstić information content (AvgIpc) is 2.82. The van der Waals surface area contributed by atoms with Crippen molar-refractivity contribution in [3.8, 4) is 23.0 Å². The molecular formula is C27H32O13. The lowest BCUT2D eigenvalue weighted by Crippen LogP contribution is -2.83. The van der Waals surface area contributed by atoms with E-state index in [1.165, 1.54) is 13.8 Å². The molecule has 0 aromatic heterocycles. The Kier molecular flexibility index (Phi) is 6.20. The van der Waals surface area contributed by atoms with Gasteiger partial charge in [0.1, 0.15) is 39.5 Å². The maximum Gasteiger partial charge on any atom is 0.198 e. The molecule has 4 rings (SSSR count). The number of phenols is 4. The minimum Gasteiger partial charge on any atom is -0.507 e. The zero-order chi connectivity index (χ0) is 30.7. The quantitative estimate of drug-likeness (QED) is 0.113. The van der Waals surface area contributed by atoms with Crippen LogP contribution in [0.3, 0.4) is 0 Å². The number of rotatable bonds is 3. The molecule has 1 heterocycles.